The summed E-state index contributed by atoms with van der Waals surface area (Å²) in [4.78, 5) is 32.3. The van der Waals surface area contributed by atoms with Crippen LogP contribution in [0.3, 0.4) is 0 Å². The number of fused-ring (bicyclic) bond motifs is 1. The number of rotatable bonds is 9. The van der Waals surface area contributed by atoms with Gasteiger partial charge in [0.05, 0.1) is 29.8 Å². The van der Waals surface area contributed by atoms with Gasteiger partial charge in [-0.1, -0.05) is 72.8 Å². The number of hydrogen-bond donors (Lipinski definition) is 1. The van der Waals surface area contributed by atoms with E-state index in [1.165, 1.54) is 11.8 Å². The van der Waals surface area contributed by atoms with Crippen LogP contribution in [0.2, 0.25) is 0 Å². The van der Waals surface area contributed by atoms with E-state index in [9.17, 15) is 14.7 Å². The van der Waals surface area contributed by atoms with E-state index in [1.54, 1.807) is 36.3 Å². The number of methoxy groups -OCH3 is 1. The van der Waals surface area contributed by atoms with E-state index in [0.717, 1.165) is 38.9 Å². The molecule has 5 aromatic rings. The molecule has 1 amide bonds. The number of amidine groups is 1. The Morgan fingerprint density at radius 2 is 1.57 bits per heavy atom. The van der Waals surface area contributed by atoms with Crippen LogP contribution in [0.4, 0.5) is 5.69 Å². The molecule has 44 heavy (non-hydrogen) atoms. The number of hydrogen-bond acceptors (Lipinski definition) is 6. The lowest BCUT2D eigenvalue weighted by Gasteiger charge is -2.16. The summed E-state index contributed by atoms with van der Waals surface area (Å²) < 4.78 is 11.6. The Labute approximate surface area is 259 Å². The maximum atomic E-state index is 14.0. The predicted octanol–water partition coefficient (Wildman–Crippen LogP) is 7.93. The number of thioether (sulfide) groups is 1. The smallest absolute Gasteiger partial charge is 0.335 e. The van der Waals surface area contributed by atoms with Crippen LogP contribution in [-0.2, 0) is 17.9 Å². The van der Waals surface area contributed by atoms with Crippen molar-refractivity contribution in [3.05, 3.63) is 142 Å². The Morgan fingerprint density at radius 3 is 2.30 bits per heavy atom. The highest BCUT2D eigenvalue weighted by Crippen LogP contribution is 2.39. The fourth-order valence-corrected chi connectivity index (χ4v) is 5.82. The summed E-state index contributed by atoms with van der Waals surface area (Å²) in [6.45, 7) is 0.587. The van der Waals surface area contributed by atoms with Gasteiger partial charge in [-0.05, 0) is 82.2 Å². The molecule has 0 radical (unpaired) electrons. The summed E-state index contributed by atoms with van der Waals surface area (Å²) in [5, 5.41) is 11.8. The topological polar surface area (TPSA) is 88.4 Å². The molecule has 1 fully saturated rings. The van der Waals surface area contributed by atoms with Crippen LogP contribution < -0.4 is 9.47 Å². The quantitative estimate of drug-likeness (QED) is 0.173. The van der Waals surface area contributed by atoms with Gasteiger partial charge in [-0.15, -0.1) is 0 Å². The second kappa shape index (κ2) is 12.9. The molecule has 8 heteroatoms. The van der Waals surface area contributed by atoms with Gasteiger partial charge >= 0.3 is 5.97 Å². The third-order valence-corrected chi connectivity index (χ3v) is 8.18. The van der Waals surface area contributed by atoms with Crippen molar-refractivity contribution in [3.8, 4) is 11.5 Å². The highest BCUT2D eigenvalue weighted by Gasteiger charge is 2.34. The summed E-state index contributed by atoms with van der Waals surface area (Å²) in [5.41, 5.74) is 3.54. The third kappa shape index (κ3) is 6.35. The van der Waals surface area contributed by atoms with Gasteiger partial charge < -0.3 is 14.6 Å². The van der Waals surface area contributed by atoms with Crippen molar-refractivity contribution >= 4 is 51.3 Å². The van der Waals surface area contributed by atoms with Crippen molar-refractivity contribution in [2.75, 3.05) is 7.11 Å². The monoisotopic (exact) mass is 600 g/mol. The molecule has 1 aliphatic rings. The number of aliphatic imine (C=N–C) groups is 1. The number of carboxylic acids is 1. The summed E-state index contributed by atoms with van der Waals surface area (Å²) in [6.07, 6.45) is 1.88. The zero-order valence-corrected chi connectivity index (χ0v) is 24.7. The lowest BCUT2D eigenvalue weighted by Crippen LogP contribution is -2.28. The number of ether oxygens (including phenoxy) is 2. The SMILES string of the molecule is COc1ccc(CN2C(=O)/C(=C/c3c(OCc4ccc(C(=O)O)cc4)ccc4ccccc34)SC2=Nc2ccccc2)cc1. The first-order valence-corrected chi connectivity index (χ1v) is 14.7. The van der Waals surface area contributed by atoms with E-state index in [4.69, 9.17) is 14.5 Å². The molecule has 0 aliphatic carbocycles. The molecule has 1 N–H and O–H groups in total. The van der Waals surface area contributed by atoms with Crippen LogP contribution in [0.15, 0.2) is 125 Å². The Hall–Kier alpha value is -5.34. The Morgan fingerprint density at radius 1 is 0.864 bits per heavy atom. The van der Waals surface area contributed by atoms with Gasteiger partial charge in [-0.25, -0.2) is 9.79 Å². The molecule has 1 heterocycles. The van der Waals surface area contributed by atoms with Crippen LogP contribution in [0.25, 0.3) is 16.8 Å². The molecule has 0 aromatic heterocycles. The minimum atomic E-state index is -0.976. The van der Waals surface area contributed by atoms with Gasteiger partial charge in [-0.2, -0.15) is 0 Å². The summed E-state index contributed by atoms with van der Waals surface area (Å²) in [6, 6.07) is 35.7. The van der Waals surface area contributed by atoms with E-state index >= 15 is 0 Å². The maximum Gasteiger partial charge on any atom is 0.335 e. The molecule has 0 unspecified atom stereocenters. The van der Waals surface area contributed by atoms with E-state index < -0.39 is 5.97 Å². The van der Waals surface area contributed by atoms with Gasteiger partial charge in [-0.3, -0.25) is 9.69 Å². The van der Waals surface area contributed by atoms with E-state index in [0.29, 0.717) is 22.4 Å². The Balaban J connectivity index is 1.36. The molecule has 1 saturated heterocycles. The van der Waals surface area contributed by atoms with Crippen LogP contribution in [0, 0.1) is 0 Å². The van der Waals surface area contributed by atoms with Gasteiger partial charge in [0, 0.05) is 5.56 Å². The number of amides is 1. The molecule has 7 nitrogen and oxygen atoms in total. The fraction of sp³-hybridized carbons (Fsp3) is 0.0833. The molecule has 6 rings (SSSR count). The van der Waals surface area contributed by atoms with Crippen molar-refractivity contribution in [2.45, 2.75) is 13.2 Å². The first-order valence-electron chi connectivity index (χ1n) is 13.9. The third-order valence-electron chi connectivity index (χ3n) is 7.17. The first kappa shape index (κ1) is 28.8. The van der Waals surface area contributed by atoms with Crippen LogP contribution in [-0.4, -0.2) is 34.2 Å². The predicted molar refractivity (Wildman–Crippen MR) is 174 cm³/mol. The minimum Gasteiger partial charge on any atom is -0.497 e. The highest BCUT2D eigenvalue weighted by molar-refractivity contribution is 8.18. The van der Waals surface area contributed by atoms with E-state index in [1.807, 2.05) is 97.1 Å². The molecule has 0 bridgehead atoms. The molecule has 5 aromatic carbocycles. The average Bonchev–Trinajstić information content (AvgIpc) is 3.34. The van der Waals surface area contributed by atoms with Crippen LogP contribution in [0.1, 0.15) is 27.0 Å². The van der Waals surface area contributed by atoms with Gasteiger partial charge in [0.1, 0.15) is 18.1 Å². The number of nitrogens with zero attached hydrogens (tertiary/aromatic N) is 2. The number of carbonyl (C=O) groups is 2. The van der Waals surface area contributed by atoms with E-state index in [-0.39, 0.29) is 18.1 Å². The number of carbonyl (C=O) groups excluding carboxylic acids is 1. The van der Waals surface area contributed by atoms with Crippen LogP contribution >= 0.6 is 11.8 Å². The second-order valence-corrected chi connectivity index (χ2v) is 11.1. The number of carboxylic acid groups (broad SMARTS) is 1. The zero-order valence-electron chi connectivity index (χ0n) is 23.8. The molecule has 218 valence electrons. The molecule has 0 spiro atoms. The Bertz CT molecular complexity index is 1880. The average molecular weight is 601 g/mol. The van der Waals surface area contributed by atoms with Crippen molar-refractivity contribution < 1.29 is 24.2 Å². The summed E-state index contributed by atoms with van der Waals surface area (Å²) in [5.74, 6) is 0.234. The maximum absolute atomic E-state index is 14.0. The number of benzene rings is 5. The molecule has 1 aliphatic heterocycles. The van der Waals surface area contributed by atoms with E-state index in [2.05, 4.69) is 0 Å². The fourth-order valence-electron chi connectivity index (χ4n) is 4.84. The minimum absolute atomic E-state index is 0.149. The summed E-state index contributed by atoms with van der Waals surface area (Å²) >= 11 is 1.33. The molecule has 0 atom stereocenters. The molecule has 0 saturated carbocycles. The van der Waals surface area contributed by atoms with Crippen molar-refractivity contribution in [2.24, 2.45) is 4.99 Å². The number of para-hydroxylation sites is 1. The van der Waals surface area contributed by atoms with Gasteiger partial charge in [0.2, 0.25) is 0 Å². The first-order chi connectivity index (χ1) is 21.5. The number of aromatic carboxylic acids is 1. The highest BCUT2D eigenvalue weighted by atomic mass is 32.2. The summed E-state index contributed by atoms with van der Waals surface area (Å²) in [7, 11) is 1.62. The molecular weight excluding hydrogens is 572 g/mol. The lowest BCUT2D eigenvalue weighted by molar-refractivity contribution is -0.122. The van der Waals surface area contributed by atoms with Gasteiger partial charge in [0.25, 0.3) is 5.91 Å². The van der Waals surface area contributed by atoms with Crippen LogP contribution in [0.5, 0.6) is 11.5 Å². The van der Waals surface area contributed by atoms with Gasteiger partial charge in [0.15, 0.2) is 5.17 Å². The second-order valence-electron chi connectivity index (χ2n) is 10.1. The zero-order chi connectivity index (χ0) is 30.5. The van der Waals surface area contributed by atoms with Crippen molar-refractivity contribution in [1.29, 1.82) is 0 Å². The Kier molecular flexibility index (Phi) is 8.43. The van der Waals surface area contributed by atoms with Crippen molar-refractivity contribution in [1.82, 2.24) is 4.90 Å². The normalized spacial score (nSPS) is 14.8. The van der Waals surface area contributed by atoms with Crippen molar-refractivity contribution in [3.63, 3.8) is 0 Å². The molecular formula is C36H28N2O5S. The largest absolute Gasteiger partial charge is 0.497 e. The lowest BCUT2D eigenvalue weighted by atomic mass is 10.0. The standard InChI is InChI=1S/C36H28N2O5S/c1-42-29-18-13-24(14-19-29)22-38-34(39)33(44-36(38)37-28-8-3-2-4-9-28)21-31-30-10-6-5-7-26(30)17-20-32(31)43-23-25-11-15-27(16-12-25)35(40)41/h2-21H,22-23H2,1H3,(H,40,41)/b33-21-,37-36?.